The maximum Gasteiger partial charge on any atom is 0.178 e. The minimum Gasteiger partial charge on any atom is -0.331 e. The van der Waals surface area contributed by atoms with E-state index < -0.39 is 0 Å². The molecule has 86 valence electrons. The van der Waals surface area contributed by atoms with Crippen LogP contribution in [0.1, 0.15) is 27.2 Å². The Labute approximate surface area is 114 Å². The smallest absolute Gasteiger partial charge is 0.178 e. The summed E-state index contributed by atoms with van der Waals surface area (Å²) >= 11 is 7.73. The fourth-order valence-corrected chi connectivity index (χ4v) is 2.79. The molecule has 0 atom stereocenters. The molecule has 0 saturated carbocycles. The van der Waals surface area contributed by atoms with Gasteiger partial charge in [0.2, 0.25) is 0 Å². The van der Waals surface area contributed by atoms with Gasteiger partial charge < -0.3 is 9.55 Å². The molecule has 0 radical (unpaired) electrons. The zero-order valence-electron chi connectivity index (χ0n) is 9.67. The number of hydrogen-bond acceptors (Lipinski definition) is 1. The first-order valence-corrected chi connectivity index (χ1v) is 6.85. The van der Waals surface area contributed by atoms with Crippen LogP contribution >= 0.6 is 34.8 Å². The molecular formula is C12H15IN2S. The van der Waals surface area contributed by atoms with Gasteiger partial charge in [0.05, 0.1) is 11.0 Å². The summed E-state index contributed by atoms with van der Waals surface area (Å²) in [6.07, 6.45) is 1.06. The van der Waals surface area contributed by atoms with E-state index in [1.165, 1.54) is 9.09 Å². The molecule has 0 saturated heterocycles. The van der Waals surface area contributed by atoms with Crippen LogP contribution in [0.25, 0.3) is 11.0 Å². The van der Waals surface area contributed by atoms with Crippen LogP contribution in [0.2, 0.25) is 0 Å². The number of imidazole rings is 1. The molecule has 2 aromatic rings. The lowest BCUT2D eigenvalue weighted by atomic mass is 10.0. The van der Waals surface area contributed by atoms with Crippen LogP contribution in [-0.4, -0.2) is 9.55 Å². The van der Waals surface area contributed by atoms with Gasteiger partial charge in [-0.1, -0.05) is 6.92 Å². The molecule has 16 heavy (non-hydrogen) atoms. The average Bonchev–Trinajstić information content (AvgIpc) is 2.53. The van der Waals surface area contributed by atoms with E-state index in [0.717, 1.165) is 16.7 Å². The predicted molar refractivity (Wildman–Crippen MR) is 79.5 cm³/mol. The third-order valence-electron chi connectivity index (χ3n) is 3.11. The Morgan fingerprint density at radius 2 is 2.12 bits per heavy atom. The molecule has 2 nitrogen and oxygen atoms in total. The number of aromatic amines is 1. The second kappa shape index (κ2) is 4.14. The highest BCUT2D eigenvalue weighted by Gasteiger charge is 2.21. The van der Waals surface area contributed by atoms with E-state index in [1.807, 2.05) is 0 Å². The Morgan fingerprint density at radius 1 is 1.44 bits per heavy atom. The highest BCUT2D eigenvalue weighted by Crippen LogP contribution is 2.26. The molecule has 0 amide bonds. The number of benzene rings is 1. The van der Waals surface area contributed by atoms with E-state index in [9.17, 15) is 0 Å². The van der Waals surface area contributed by atoms with E-state index in [4.69, 9.17) is 12.2 Å². The van der Waals surface area contributed by atoms with Crippen LogP contribution in [0, 0.1) is 8.34 Å². The SMILES string of the molecule is CCC(C)(C)n1c(=S)[nH]c2cc(I)ccc21. The van der Waals surface area contributed by atoms with Gasteiger partial charge in [0.25, 0.3) is 0 Å². The van der Waals surface area contributed by atoms with Crippen LogP contribution in [-0.2, 0) is 5.54 Å². The van der Waals surface area contributed by atoms with Crippen LogP contribution in [0.4, 0.5) is 0 Å². The number of hydrogen-bond donors (Lipinski definition) is 1. The van der Waals surface area contributed by atoms with Crippen molar-refractivity contribution >= 4 is 45.8 Å². The third kappa shape index (κ3) is 1.93. The number of halogens is 1. The normalized spacial score (nSPS) is 12.2. The van der Waals surface area contributed by atoms with Gasteiger partial charge in [-0.05, 0) is 73.3 Å². The maximum absolute atomic E-state index is 5.42. The zero-order chi connectivity index (χ0) is 11.9. The van der Waals surface area contributed by atoms with Gasteiger partial charge in [-0.3, -0.25) is 0 Å². The van der Waals surface area contributed by atoms with Crippen molar-refractivity contribution in [2.75, 3.05) is 0 Å². The highest BCUT2D eigenvalue weighted by atomic mass is 127. The molecule has 0 unspecified atom stereocenters. The Kier molecular flexibility index (Phi) is 3.13. The molecule has 1 heterocycles. The molecule has 0 spiro atoms. The van der Waals surface area contributed by atoms with Crippen molar-refractivity contribution in [3.05, 3.63) is 26.5 Å². The van der Waals surface area contributed by atoms with Gasteiger partial charge >= 0.3 is 0 Å². The van der Waals surface area contributed by atoms with Gasteiger partial charge in [-0.25, -0.2) is 0 Å². The van der Waals surface area contributed by atoms with E-state index in [0.29, 0.717) is 0 Å². The van der Waals surface area contributed by atoms with E-state index in [2.05, 4.69) is 71.1 Å². The van der Waals surface area contributed by atoms with E-state index in [1.54, 1.807) is 0 Å². The van der Waals surface area contributed by atoms with E-state index >= 15 is 0 Å². The van der Waals surface area contributed by atoms with Crippen LogP contribution in [0.15, 0.2) is 18.2 Å². The zero-order valence-corrected chi connectivity index (χ0v) is 12.6. The quantitative estimate of drug-likeness (QED) is 0.629. The molecular weight excluding hydrogens is 331 g/mol. The Hall–Kier alpha value is -0.360. The fourth-order valence-electron chi connectivity index (χ4n) is 1.84. The lowest BCUT2D eigenvalue weighted by Crippen LogP contribution is -2.25. The van der Waals surface area contributed by atoms with Crippen molar-refractivity contribution in [2.45, 2.75) is 32.7 Å². The first-order chi connectivity index (χ1) is 7.45. The van der Waals surface area contributed by atoms with Crippen molar-refractivity contribution in [3.8, 4) is 0 Å². The summed E-state index contributed by atoms with van der Waals surface area (Å²) in [5.41, 5.74) is 2.37. The first kappa shape index (κ1) is 12.1. The lowest BCUT2D eigenvalue weighted by Gasteiger charge is -2.25. The molecule has 1 aromatic carbocycles. The number of aromatic nitrogens is 2. The minimum absolute atomic E-state index is 0.0577. The predicted octanol–water partition coefficient (Wildman–Crippen LogP) is 4.45. The lowest BCUT2D eigenvalue weighted by molar-refractivity contribution is 0.348. The van der Waals surface area contributed by atoms with Gasteiger partial charge in [0, 0.05) is 9.11 Å². The summed E-state index contributed by atoms with van der Waals surface area (Å²) in [7, 11) is 0. The molecule has 0 fully saturated rings. The molecule has 2 rings (SSSR count). The molecule has 0 bridgehead atoms. The highest BCUT2D eigenvalue weighted by molar-refractivity contribution is 14.1. The standard InChI is InChI=1S/C12H15IN2S/c1-4-12(2,3)15-10-6-5-8(13)7-9(10)14-11(15)16/h5-7H,4H2,1-3H3,(H,14,16). The topological polar surface area (TPSA) is 20.7 Å². The monoisotopic (exact) mass is 346 g/mol. The van der Waals surface area contributed by atoms with Crippen molar-refractivity contribution in [3.63, 3.8) is 0 Å². The fraction of sp³-hybridized carbons (Fsp3) is 0.417. The van der Waals surface area contributed by atoms with Crippen molar-refractivity contribution in [1.82, 2.24) is 9.55 Å². The van der Waals surface area contributed by atoms with Crippen molar-refractivity contribution in [1.29, 1.82) is 0 Å². The maximum atomic E-state index is 5.42. The second-order valence-corrected chi connectivity index (χ2v) is 6.23. The summed E-state index contributed by atoms with van der Waals surface area (Å²) in [5, 5.41) is 0. The summed E-state index contributed by atoms with van der Waals surface area (Å²) in [4.78, 5) is 3.28. The molecule has 1 aromatic heterocycles. The molecule has 0 aliphatic rings. The van der Waals surface area contributed by atoms with Gasteiger partial charge in [-0.15, -0.1) is 0 Å². The minimum atomic E-state index is 0.0577. The molecule has 0 aliphatic heterocycles. The first-order valence-electron chi connectivity index (χ1n) is 5.36. The summed E-state index contributed by atoms with van der Waals surface area (Å²) in [5.74, 6) is 0. The number of fused-ring (bicyclic) bond motifs is 1. The van der Waals surface area contributed by atoms with Gasteiger partial charge in [-0.2, -0.15) is 0 Å². The van der Waals surface area contributed by atoms with Crippen LogP contribution in [0.5, 0.6) is 0 Å². The number of nitrogens with one attached hydrogen (secondary N) is 1. The Morgan fingerprint density at radius 3 is 2.75 bits per heavy atom. The van der Waals surface area contributed by atoms with Crippen LogP contribution in [0.3, 0.4) is 0 Å². The summed E-state index contributed by atoms with van der Waals surface area (Å²) in [6.45, 7) is 6.62. The molecule has 0 aliphatic carbocycles. The number of H-pyrrole nitrogens is 1. The molecule has 4 heteroatoms. The Bertz CT molecular complexity index is 580. The average molecular weight is 346 g/mol. The largest absolute Gasteiger partial charge is 0.331 e. The Balaban J connectivity index is 2.80. The van der Waals surface area contributed by atoms with E-state index in [-0.39, 0.29) is 5.54 Å². The summed E-state index contributed by atoms with van der Waals surface area (Å²) in [6, 6.07) is 6.39. The van der Waals surface area contributed by atoms with Crippen molar-refractivity contribution in [2.24, 2.45) is 0 Å². The summed E-state index contributed by atoms with van der Waals surface area (Å²) < 4.78 is 4.25. The molecule has 1 N–H and O–H groups in total. The second-order valence-electron chi connectivity index (χ2n) is 4.59. The van der Waals surface area contributed by atoms with Crippen molar-refractivity contribution < 1.29 is 0 Å². The third-order valence-corrected chi connectivity index (χ3v) is 4.07. The van der Waals surface area contributed by atoms with Gasteiger partial charge in [0.15, 0.2) is 4.77 Å². The van der Waals surface area contributed by atoms with Gasteiger partial charge in [0.1, 0.15) is 0 Å². The number of nitrogens with zero attached hydrogens (tertiary/aromatic N) is 1. The van der Waals surface area contributed by atoms with Crippen LogP contribution < -0.4 is 0 Å². The number of rotatable bonds is 2.